The van der Waals surface area contributed by atoms with Crippen LogP contribution in [0.5, 0.6) is 11.5 Å². The van der Waals surface area contributed by atoms with Crippen LogP contribution in [-0.2, 0) is 20.5 Å². The van der Waals surface area contributed by atoms with Gasteiger partial charge in [0, 0.05) is 6.42 Å². The maximum Gasteiger partial charge on any atom is 0.417 e. The number of fused-ring (bicyclic) bond motifs is 5. The summed E-state index contributed by atoms with van der Waals surface area (Å²) in [5, 5.41) is 18.5. The van der Waals surface area contributed by atoms with Crippen LogP contribution in [0.1, 0.15) is 37.3 Å². The largest absolute Gasteiger partial charge is 0.508 e. The molecule has 4 atom stereocenters. The van der Waals surface area contributed by atoms with E-state index in [4.69, 9.17) is 14.7 Å². The number of carbonyl (C=O) groups is 2. The van der Waals surface area contributed by atoms with Crippen molar-refractivity contribution in [3.8, 4) is 17.6 Å². The lowest BCUT2D eigenvalue weighted by Gasteiger charge is -2.31. The number of rotatable bonds is 5. The lowest BCUT2D eigenvalue weighted by Crippen LogP contribution is -2.43. The van der Waals surface area contributed by atoms with Crippen molar-refractivity contribution in [1.82, 2.24) is 0 Å². The number of phenolic OH excluding ortho intramolecular Hbond substituents is 1. The Kier molecular flexibility index (Phi) is 5.11. The van der Waals surface area contributed by atoms with Crippen molar-refractivity contribution >= 4 is 17.5 Å². The number of nitriles is 1. The molecule has 3 heterocycles. The van der Waals surface area contributed by atoms with Crippen LogP contribution in [0.15, 0.2) is 42.5 Å². The summed E-state index contributed by atoms with van der Waals surface area (Å²) in [4.78, 5) is 27.7. The second kappa shape index (κ2) is 7.71. The summed E-state index contributed by atoms with van der Waals surface area (Å²) in [7, 11) is 0. The summed E-state index contributed by atoms with van der Waals surface area (Å²) in [5.41, 5.74) is -3.88. The van der Waals surface area contributed by atoms with Gasteiger partial charge in [-0.25, -0.2) is 4.90 Å². The molecular weight excluding hydrogens is 465 g/mol. The van der Waals surface area contributed by atoms with E-state index in [1.807, 2.05) is 0 Å². The summed E-state index contributed by atoms with van der Waals surface area (Å²) >= 11 is 0. The predicted molar refractivity (Wildman–Crippen MR) is 115 cm³/mol. The van der Waals surface area contributed by atoms with Crippen molar-refractivity contribution in [1.29, 1.82) is 5.26 Å². The quantitative estimate of drug-likeness (QED) is 0.637. The van der Waals surface area contributed by atoms with Gasteiger partial charge in [-0.1, -0.05) is 0 Å². The molecular formula is C25H21F3N2O5. The van der Waals surface area contributed by atoms with Crippen molar-refractivity contribution in [3.63, 3.8) is 0 Å². The molecule has 0 aliphatic carbocycles. The van der Waals surface area contributed by atoms with E-state index in [1.54, 1.807) is 19.1 Å². The third-order valence-corrected chi connectivity index (χ3v) is 7.33. The number of amides is 2. The third kappa shape index (κ3) is 3.53. The Morgan fingerprint density at radius 3 is 2.49 bits per heavy atom. The number of imide groups is 1. The molecule has 0 radical (unpaired) electrons. The van der Waals surface area contributed by atoms with Crippen LogP contribution in [0.2, 0.25) is 0 Å². The van der Waals surface area contributed by atoms with Crippen LogP contribution in [0.4, 0.5) is 18.9 Å². The molecule has 4 unspecified atom stereocenters. The number of alkyl halides is 3. The zero-order chi connectivity index (χ0) is 25.2. The Hall–Kier alpha value is -3.58. The fourth-order valence-corrected chi connectivity index (χ4v) is 5.75. The molecule has 7 nitrogen and oxygen atoms in total. The zero-order valence-electron chi connectivity index (χ0n) is 18.6. The summed E-state index contributed by atoms with van der Waals surface area (Å²) in [6.07, 6.45) is -3.47. The number of benzene rings is 2. The maximum absolute atomic E-state index is 13.5. The molecule has 2 amide bonds. The molecule has 0 spiro atoms. The minimum atomic E-state index is -4.82. The van der Waals surface area contributed by atoms with Gasteiger partial charge in [0.2, 0.25) is 11.8 Å². The minimum Gasteiger partial charge on any atom is -0.508 e. The third-order valence-electron chi connectivity index (χ3n) is 7.33. The average molecular weight is 486 g/mol. The van der Waals surface area contributed by atoms with E-state index in [9.17, 15) is 27.9 Å². The molecule has 35 heavy (non-hydrogen) atoms. The number of hydrogen-bond acceptors (Lipinski definition) is 6. The summed E-state index contributed by atoms with van der Waals surface area (Å²) in [6.45, 7) is 1.94. The first-order chi connectivity index (χ1) is 16.5. The Balaban J connectivity index is 1.43. The van der Waals surface area contributed by atoms with Gasteiger partial charge in [0.25, 0.3) is 0 Å². The molecule has 1 N–H and O–H groups in total. The number of ether oxygens (including phenoxy) is 2. The van der Waals surface area contributed by atoms with E-state index >= 15 is 0 Å². The fraction of sp³-hybridized carbons (Fsp3) is 0.400. The highest BCUT2D eigenvalue weighted by molar-refractivity contribution is 6.23. The van der Waals surface area contributed by atoms with E-state index in [1.165, 1.54) is 24.3 Å². The van der Waals surface area contributed by atoms with E-state index in [-0.39, 0.29) is 18.0 Å². The Bertz CT molecular complexity index is 1260. The van der Waals surface area contributed by atoms with Crippen LogP contribution < -0.4 is 9.64 Å². The zero-order valence-corrected chi connectivity index (χ0v) is 18.6. The number of phenols is 1. The molecule has 2 aromatic rings. The lowest BCUT2D eigenvalue weighted by molar-refractivity contribution is -0.138. The molecule has 2 aromatic carbocycles. The number of nitrogens with zero attached hydrogens (tertiary/aromatic N) is 2. The first-order valence-electron chi connectivity index (χ1n) is 11.1. The average Bonchev–Trinajstić information content (AvgIpc) is 3.38. The molecule has 3 aliphatic heterocycles. The smallest absolute Gasteiger partial charge is 0.417 e. The van der Waals surface area contributed by atoms with Gasteiger partial charge in [0.05, 0.1) is 52.5 Å². The summed E-state index contributed by atoms with van der Waals surface area (Å²) in [5.74, 6) is -2.25. The normalized spacial score (nSPS) is 29.4. The van der Waals surface area contributed by atoms with Crippen LogP contribution in [0.3, 0.4) is 0 Å². The molecule has 3 aliphatic rings. The van der Waals surface area contributed by atoms with E-state index in [0.29, 0.717) is 31.1 Å². The Labute approximate surface area is 198 Å². The molecule has 3 saturated heterocycles. The fourth-order valence-electron chi connectivity index (χ4n) is 5.75. The van der Waals surface area contributed by atoms with Crippen LogP contribution in [0.25, 0.3) is 0 Å². The van der Waals surface area contributed by atoms with Gasteiger partial charge in [-0.3, -0.25) is 9.59 Å². The second-order valence-electron chi connectivity index (χ2n) is 9.38. The van der Waals surface area contributed by atoms with Gasteiger partial charge in [-0.05, 0) is 62.2 Å². The number of carbonyl (C=O) groups excluding carboxylic acids is 2. The van der Waals surface area contributed by atoms with Gasteiger partial charge >= 0.3 is 6.18 Å². The first kappa shape index (κ1) is 23.2. The van der Waals surface area contributed by atoms with Crippen LogP contribution >= 0.6 is 0 Å². The lowest BCUT2D eigenvalue weighted by atomic mass is 9.67. The number of hydrogen-bond donors (Lipinski definition) is 1. The van der Waals surface area contributed by atoms with Crippen LogP contribution in [0, 0.1) is 23.2 Å². The highest BCUT2D eigenvalue weighted by Crippen LogP contribution is 2.62. The molecule has 0 aromatic heterocycles. The van der Waals surface area contributed by atoms with Crippen molar-refractivity contribution < 1.29 is 37.3 Å². The van der Waals surface area contributed by atoms with Crippen molar-refractivity contribution in [2.45, 2.75) is 43.6 Å². The van der Waals surface area contributed by atoms with E-state index < -0.39 is 52.2 Å². The monoisotopic (exact) mass is 486 g/mol. The maximum atomic E-state index is 13.5. The highest BCUT2D eigenvalue weighted by atomic mass is 19.4. The highest BCUT2D eigenvalue weighted by Gasteiger charge is 2.73. The number of anilines is 1. The molecule has 2 bridgehead atoms. The van der Waals surface area contributed by atoms with Gasteiger partial charge in [0.1, 0.15) is 11.5 Å². The van der Waals surface area contributed by atoms with Gasteiger partial charge < -0.3 is 14.6 Å². The standard InChI is InChI=1S/C25H21F3N2O5/c1-23-8-9-24(35-23,10-11-34-17-6-4-16(31)5-7-17)20-19(23)21(32)30(22(20)33)15-3-2-14(13-29)18(12-15)25(26,27)28/h2-7,12,19-20,31H,8-11H2,1H3. The SMILES string of the molecule is CC12CCC(CCOc3ccc(O)cc3)(O1)C1C(=O)N(c3ccc(C#N)c(C(F)(F)F)c3)C(=O)C12. The van der Waals surface area contributed by atoms with Gasteiger partial charge in [-0.2, -0.15) is 18.4 Å². The van der Waals surface area contributed by atoms with E-state index in [2.05, 4.69) is 0 Å². The Morgan fingerprint density at radius 1 is 1.14 bits per heavy atom. The topological polar surface area (TPSA) is 99.9 Å². The second-order valence-corrected chi connectivity index (χ2v) is 9.38. The molecule has 182 valence electrons. The van der Waals surface area contributed by atoms with E-state index in [0.717, 1.165) is 11.0 Å². The first-order valence-corrected chi connectivity index (χ1v) is 11.1. The predicted octanol–water partition coefficient (Wildman–Crippen LogP) is 4.18. The van der Waals surface area contributed by atoms with Crippen molar-refractivity contribution in [2.24, 2.45) is 11.8 Å². The summed E-state index contributed by atoms with van der Waals surface area (Å²) in [6, 6.07) is 10.5. The molecule has 3 fully saturated rings. The van der Waals surface area contributed by atoms with Crippen molar-refractivity contribution in [2.75, 3.05) is 11.5 Å². The molecule has 5 rings (SSSR count). The summed E-state index contributed by atoms with van der Waals surface area (Å²) < 4.78 is 52.5. The van der Waals surface area contributed by atoms with Crippen LogP contribution in [-0.4, -0.2) is 34.7 Å². The van der Waals surface area contributed by atoms with Crippen molar-refractivity contribution in [3.05, 3.63) is 53.6 Å². The Morgan fingerprint density at radius 2 is 1.83 bits per heavy atom. The van der Waals surface area contributed by atoms with Gasteiger partial charge in [-0.15, -0.1) is 0 Å². The number of aromatic hydroxyl groups is 1. The van der Waals surface area contributed by atoms with Gasteiger partial charge in [0.15, 0.2) is 0 Å². The molecule has 10 heteroatoms. The molecule has 0 saturated carbocycles. The number of halogens is 3. The minimum absolute atomic E-state index is 0.0936.